The zero-order chi connectivity index (χ0) is 17.7. The first-order valence-corrected chi connectivity index (χ1v) is 10.1. The first kappa shape index (κ1) is 18.7. The Balaban J connectivity index is 2.41. The summed E-state index contributed by atoms with van der Waals surface area (Å²) < 4.78 is 28.7. The third-order valence-corrected chi connectivity index (χ3v) is 6.66. The van der Waals surface area contributed by atoms with Gasteiger partial charge < -0.3 is 4.57 Å². The number of benzene rings is 1. The summed E-state index contributed by atoms with van der Waals surface area (Å²) in [6.45, 7) is 8.23. The minimum absolute atomic E-state index is 0.270. The molecule has 6 nitrogen and oxygen atoms in total. The lowest BCUT2D eigenvalue weighted by atomic mass is 10.2. The molecular weight excluding hydrogens is 344 g/mol. The lowest BCUT2D eigenvalue weighted by Crippen LogP contribution is -2.30. The smallest absolute Gasteiger partial charge is 0.243 e. The number of thioether (sulfide) groups is 1. The van der Waals surface area contributed by atoms with Crippen LogP contribution in [0.2, 0.25) is 0 Å². The molecule has 0 bridgehead atoms. The molecule has 0 spiro atoms. The predicted molar refractivity (Wildman–Crippen MR) is 97.5 cm³/mol. The van der Waals surface area contributed by atoms with Crippen LogP contribution in [0.25, 0.3) is 11.4 Å². The largest absolute Gasteiger partial charge is 0.305 e. The van der Waals surface area contributed by atoms with Gasteiger partial charge in [-0.15, -0.1) is 16.8 Å². The molecule has 1 aromatic heterocycles. The van der Waals surface area contributed by atoms with Crippen LogP contribution in [-0.2, 0) is 17.1 Å². The Morgan fingerprint density at radius 2 is 2.00 bits per heavy atom. The second kappa shape index (κ2) is 7.96. The van der Waals surface area contributed by atoms with E-state index in [4.69, 9.17) is 0 Å². The molecule has 1 heterocycles. The third-order valence-electron chi connectivity index (χ3n) is 3.60. The molecule has 130 valence electrons. The van der Waals surface area contributed by atoms with Gasteiger partial charge >= 0.3 is 0 Å². The fourth-order valence-electron chi connectivity index (χ4n) is 2.33. The van der Waals surface area contributed by atoms with E-state index in [1.807, 2.05) is 31.5 Å². The van der Waals surface area contributed by atoms with Crippen molar-refractivity contribution in [1.82, 2.24) is 19.1 Å². The van der Waals surface area contributed by atoms with Crippen LogP contribution in [0, 0.1) is 0 Å². The van der Waals surface area contributed by atoms with Gasteiger partial charge in [0.15, 0.2) is 11.0 Å². The summed E-state index contributed by atoms with van der Waals surface area (Å²) in [5.74, 6) is 1.38. The summed E-state index contributed by atoms with van der Waals surface area (Å²) >= 11 is 1.53. The average molecular weight is 367 g/mol. The van der Waals surface area contributed by atoms with Gasteiger partial charge in [-0.25, -0.2) is 8.42 Å². The molecule has 1 aromatic carbocycles. The van der Waals surface area contributed by atoms with Gasteiger partial charge in [-0.1, -0.05) is 43.8 Å². The second-order valence-corrected chi connectivity index (χ2v) is 8.01. The first-order valence-electron chi connectivity index (χ1n) is 7.69. The van der Waals surface area contributed by atoms with E-state index in [-0.39, 0.29) is 4.90 Å². The molecule has 0 aliphatic heterocycles. The summed E-state index contributed by atoms with van der Waals surface area (Å²) in [4.78, 5) is 0.270. The SMILES string of the molecule is C=CCSc1nnc(-c2cccc(S(=O)(=O)N(CC)CC)c2)n1C. The fourth-order valence-corrected chi connectivity index (χ4v) is 4.48. The number of aromatic nitrogens is 3. The Hall–Kier alpha value is -1.64. The molecule has 0 amide bonds. The maximum Gasteiger partial charge on any atom is 0.243 e. The van der Waals surface area contributed by atoms with Crippen molar-refractivity contribution in [3.05, 3.63) is 36.9 Å². The molecule has 0 atom stereocenters. The molecule has 0 saturated carbocycles. The lowest BCUT2D eigenvalue weighted by molar-refractivity contribution is 0.445. The van der Waals surface area contributed by atoms with Crippen LogP contribution in [0.5, 0.6) is 0 Å². The zero-order valence-corrected chi connectivity index (χ0v) is 15.8. The van der Waals surface area contributed by atoms with Gasteiger partial charge in [-0.2, -0.15) is 4.31 Å². The van der Waals surface area contributed by atoms with Crippen LogP contribution in [0.15, 0.2) is 47.0 Å². The molecule has 2 rings (SSSR count). The summed E-state index contributed by atoms with van der Waals surface area (Å²) in [5.41, 5.74) is 0.726. The molecule has 0 N–H and O–H groups in total. The molecule has 8 heteroatoms. The normalized spacial score (nSPS) is 11.8. The van der Waals surface area contributed by atoms with Gasteiger partial charge in [-0.3, -0.25) is 0 Å². The van der Waals surface area contributed by atoms with E-state index in [1.165, 1.54) is 16.1 Å². The Morgan fingerprint density at radius 1 is 1.29 bits per heavy atom. The maximum absolute atomic E-state index is 12.7. The topological polar surface area (TPSA) is 68.1 Å². The molecule has 0 radical (unpaired) electrons. The molecule has 0 saturated heterocycles. The van der Waals surface area contributed by atoms with E-state index in [1.54, 1.807) is 24.3 Å². The van der Waals surface area contributed by atoms with Gasteiger partial charge in [0.05, 0.1) is 4.90 Å². The molecule has 0 aliphatic rings. The maximum atomic E-state index is 12.7. The van der Waals surface area contributed by atoms with E-state index in [2.05, 4.69) is 16.8 Å². The van der Waals surface area contributed by atoms with Gasteiger partial charge in [0, 0.05) is 31.5 Å². The van der Waals surface area contributed by atoms with Crippen LogP contribution in [0.4, 0.5) is 0 Å². The van der Waals surface area contributed by atoms with E-state index in [0.717, 1.165) is 16.5 Å². The van der Waals surface area contributed by atoms with Crippen molar-refractivity contribution < 1.29 is 8.42 Å². The molecule has 0 fully saturated rings. The standard InChI is InChI=1S/C16H22N4O2S2/c1-5-11-23-16-18-17-15(19(16)4)13-9-8-10-14(12-13)24(21,22)20(6-2)7-3/h5,8-10,12H,1,6-7,11H2,2-4H3. The molecule has 24 heavy (non-hydrogen) atoms. The highest BCUT2D eigenvalue weighted by Crippen LogP contribution is 2.25. The van der Waals surface area contributed by atoms with Crippen molar-refractivity contribution in [3.63, 3.8) is 0 Å². The van der Waals surface area contributed by atoms with Crippen LogP contribution >= 0.6 is 11.8 Å². The first-order chi connectivity index (χ1) is 11.5. The number of rotatable bonds is 8. The predicted octanol–water partition coefficient (Wildman–Crippen LogP) is 2.79. The number of nitrogens with zero attached hydrogens (tertiary/aromatic N) is 4. The number of sulfonamides is 1. The molecule has 2 aromatic rings. The van der Waals surface area contributed by atoms with Gasteiger partial charge in [-0.05, 0) is 12.1 Å². The highest BCUT2D eigenvalue weighted by atomic mass is 32.2. The third kappa shape index (κ3) is 3.71. The number of hydrogen-bond acceptors (Lipinski definition) is 5. The fraction of sp³-hybridized carbons (Fsp3) is 0.375. The van der Waals surface area contributed by atoms with E-state index in [9.17, 15) is 8.42 Å². The second-order valence-electron chi connectivity index (χ2n) is 5.08. The van der Waals surface area contributed by atoms with Crippen LogP contribution in [0.3, 0.4) is 0 Å². The minimum atomic E-state index is -3.49. The van der Waals surface area contributed by atoms with Crippen LogP contribution in [-0.4, -0.2) is 46.3 Å². The lowest BCUT2D eigenvalue weighted by Gasteiger charge is -2.18. The van der Waals surface area contributed by atoms with Crippen molar-refractivity contribution in [3.8, 4) is 11.4 Å². The summed E-state index contributed by atoms with van der Waals surface area (Å²) in [5, 5.41) is 9.12. The molecular formula is C16H22N4O2S2. The summed E-state index contributed by atoms with van der Waals surface area (Å²) in [6, 6.07) is 6.84. The van der Waals surface area contributed by atoms with E-state index in [0.29, 0.717) is 18.9 Å². The van der Waals surface area contributed by atoms with Crippen molar-refractivity contribution in [1.29, 1.82) is 0 Å². The monoisotopic (exact) mass is 366 g/mol. The number of hydrogen-bond donors (Lipinski definition) is 0. The summed E-state index contributed by atoms with van der Waals surface area (Å²) in [6.07, 6.45) is 1.80. The highest BCUT2D eigenvalue weighted by molar-refractivity contribution is 7.99. The average Bonchev–Trinajstić information content (AvgIpc) is 2.94. The van der Waals surface area contributed by atoms with Crippen molar-refractivity contribution in [2.24, 2.45) is 7.05 Å². The Morgan fingerprint density at radius 3 is 2.62 bits per heavy atom. The summed E-state index contributed by atoms with van der Waals surface area (Å²) in [7, 11) is -1.63. The Labute approximate surface area is 147 Å². The minimum Gasteiger partial charge on any atom is -0.305 e. The van der Waals surface area contributed by atoms with E-state index >= 15 is 0 Å². The van der Waals surface area contributed by atoms with Crippen LogP contribution in [0.1, 0.15) is 13.8 Å². The van der Waals surface area contributed by atoms with Gasteiger partial charge in [0.2, 0.25) is 10.0 Å². The van der Waals surface area contributed by atoms with Crippen molar-refractivity contribution in [2.45, 2.75) is 23.9 Å². The van der Waals surface area contributed by atoms with Gasteiger partial charge in [0.25, 0.3) is 0 Å². The van der Waals surface area contributed by atoms with Crippen molar-refractivity contribution >= 4 is 21.8 Å². The highest BCUT2D eigenvalue weighted by Gasteiger charge is 2.22. The van der Waals surface area contributed by atoms with Crippen LogP contribution < -0.4 is 0 Å². The molecule has 0 unspecified atom stereocenters. The Bertz CT molecular complexity index is 811. The molecule has 0 aliphatic carbocycles. The Kier molecular flexibility index (Phi) is 6.20. The quantitative estimate of drug-likeness (QED) is 0.531. The zero-order valence-electron chi connectivity index (χ0n) is 14.1. The van der Waals surface area contributed by atoms with E-state index < -0.39 is 10.0 Å². The van der Waals surface area contributed by atoms with Crippen molar-refractivity contribution in [2.75, 3.05) is 18.8 Å². The van der Waals surface area contributed by atoms with Gasteiger partial charge in [0.1, 0.15) is 0 Å².